The molecule has 2 aromatic carbocycles. The Morgan fingerprint density at radius 3 is 2.86 bits per heavy atom. The Morgan fingerprint density at radius 1 is 1.14 bits per heavy atom. The normalized spacial score (nSPS) is 12.2. The number of halogens is 1. The molecule has 0 saturated carbocycles. The summed E-state index contributed by atoms with van der Waals surface area (Å²) in [4.78, 5) is 0. The third-order valence-electron chi connectivity index (χ3n) is 3.28. The van der Waals surface area contributed by atoms with Crippen LogP contribution in [-0.4, -0.2) is 6.79 Å². The van der Waals surface area contributed by atoms with Gasteiger partial charge in [-0.2, -0.15) is 5.26 Å². The number of hydrogen-bond donors (Lipinski definition) is 1. The van der Waals surface area contributed by atoms with E-state index in [4.69, 9.17) is 14.7 Å². The number of nitrogens with one attached hydrogen (secondary N) is 1. The van der Waals surface area contributed by atoms with Gasteiger partial charge in [-0.1, -0.05) is 12.1 Å². The predicted molar refractivity (Wildman–Crippen MR) is 74.2 cm³/mol. The van der Waals surface area contributed by atoms with E-state index in [-0.39, 0.29) is 12.6 Å². The van der Waals surface area contributed by atoms with Crippen LogP contribution in [0.5, 0.6) is 11.5 Å². The zero-order chi connectivity index (χ0) is 14.7. The van der Waals surface area contributed by atoms with E-state index in [1.165, 1.54) is 12.1 Å². The van der Waals surface area contributed by atoms with Crippen LogP contribution < -0.4 is 14.8 Å². The molecule has 4 nitrogen and oxygen atoms in total. The second-order valence-electron chi connectivity index (χ2n) is 4.67. The van der Waals surface area contributed by atoms with Gasteiger partial charge < -0.3 is 14.8 Å². The van der Waals surface area contributed by atoms with Gasteiger partial charge in [-0.3, -0.25) is 0 Å². The van der Waals surface area contributed by atoms with Crippen LogP contribution in [0.15, 0.2) is 36.4 Å². The lowest BCUT2D eigenvalue weighted by Crippen LogP contribution is -2.14. The zero-order valence-corrected chi connectivity index (χ0v) is 11.2. The fourth-order valence-corrected chi connectivity index (χ4v) is 2.24. The Balaban J connectivity index is 1.67. The third-order valence-corrected chi connectivity index (χ3v) is 3.28. The van der Waals surface area contributed by atoms with Crippen LogP contribution in [0.1, 0.15) is 16.7 Å². The fourth-order valence-electron chi connectivity index (χ4n) is 2.24. The van der Waals surface area contributed by atoms with Crippen LogP contribution in [0, 0.1) is 17.1 Å². The van der Waals surface area contributed by atoms with Crippen molar-refractivity contribution in [2.75, 3.05) is 6.79 Å². The fraction of sp³-hybridized carbons (Fsp3) is 0.188. The minimum absolute atomic E-state index is 0.227. The first-order chi connectivity index (χ1) is 10.3. The van der Waals surface area contributed by atoms with Crippen molar-refractivity contribution in [2.24, 2.45) is 0 Å². The number of rotatable bonds is 4. The molecular formula is C16H13FN2O2. The standard InChI is InChI=1S/C16H13FN2O2/c17-14-5-4-11(7-18)6-13(14)9-19-8-12-2-1-3-15-16(12)21-10-20-15/h1-6,19H,8-10H2. The molecule has 0 fully saturated rings. The maximum atomic E-state index is 13.7. The average molecular weight is 284 g/mol. The van der Waals surface area contributed by atoms with E-state index in [0.29, 0.717) is 24.2 Å². The van der Waals surface area contributed by atoms with Gasteiger partial charge in [0.2, 0.25) is 6.79 Å². The van der Waals surface area contributed by atoms with Gasteiger partial charge >= 0.3 is 0 Å². The van der Waals surface area contributed by atoms with Gasteiger partial charge in [0.25, 0.3) is 0 Å². The highest BCUT2D eigenvalue weighted by Gasteiger charge is 2.16. The second-order valence-corrected chi connectivity index (χ2v) is 4.67. The van der Waals surface area contributed by atoms with Crippen molar-refractivity contribution in [1.29, 1.82) is 5.26 Å². The third kappa shape index (κ3) is 2.81. The van der Waals surface area contributed by atoms with E-state index in [1.54, 1.807) is 6.07 Å². The van der Waals surface area contributed by atoms with Crippen molar-refractivity contribution in [1.82, 2.24) is 5.32 Å². The number of hydrogen-bond acceptors (Lipinski definition) is 4. The van der Waals surface area contributed by atoms with Gasteiger partial charge in [0.15, 0.2) is 11.5 Å². The first kappa shape index (κ1) is 13.4. The molecule has 1 aliphatic rings. The second kappa shape index (κ2) is 5.81. The lowest BCUT2D eigenvalue weighted by atomic mass is 10.1. The molecule has 0 bridgehead atoms. The number of nitrogens with zero attached hydrogens (tertiary/aromatic N) is 1. The van der Waals surface area contributed by atoms with Gasteiger partial charge in [0, 0.05) is 24.2 Å². The van der Waals surface area contributed by atoms with Crippen molar-refractivity contribution >= 4 is 0 Å². The molecule has 0 unspecified atom stereocenters. The van der Waals surface area contributed by atoms with Crippen LogP contribution in [0.4, 0.5) is 4.39 Å². The average Bonchev–Trinajstić information content (AvgIpc) is 2.98. The van der Waals surface area contributed by atoms with Gasteiger partial charge in [0.05, 0.1) is 11.6 Å². The minimum Gasteiger partial charge on any atom is -0.454 e. The SMILES string of the molecule is N#Cc1ccc(F)c(CNCc2cccc3c2OCO3)c1. The molecular weight excluding hydrogens is 271 g/mol. The van der Waals surface area contributed by atoms with Crippen LogP contribution in [0.25, 0.3) is 0 Å². The lowest BCUT2D eigenvalue weighted by molar-refractivity contribution is 0.173. The van der Waals surface area contributed by atoms with E-state index >= 15 is 0 Å². The molecule has 5 heteroatoms. The molecule has 1 heterocycles. The van der Waals surface area contributed by atoms with Crippen LogP contribution in [0.3, 0.4) is 0 Å². The molecule has 21 heavy (non-hydrogen) atoms. The molecule has 2 aromatic rings. The largest absolute Gasteiger partial charge is 0.454 e. The van der Waals surface area contributed by atoms with E-state index in [2.05, 4.69) is 5.32 Å². The van der Waals surface area contributed by atoms with Crippen molar-refractivity contribution in [2.45, 2.75) is 13.1 Å². The van der Waals surface area contributed by atoms with Crippen molar-refractivity contribution in [3.8, 4) is 17.6 Å². The summed E-state index contributed by atoms with van der Waals surface area (Å²) < 4.78 is 24.4. The molecule has 0 saturated heterocycles. The van der Waals surface area contributed by atoms with Gasteiger partial charge in [-0.25, -0.2) is 4.39 Å². The summed E-state index contributed by atoms with van der Waals surface area (Å²) >= 11 is 0. The molecule has 0 amide bonds. The minimum atomic E-state index is -0.320. The molecule has 0 aliphatic carbocycles. The molecule has 3 rings (SSSR count). The van der Waals surface area contributed by atoms with Crippen molar-refractivity contribution in [3.63, 3.8) is 0 Å². The lowest BCUT2D eigenvalue weighted by Gasteiger charge is -2.08. The summed E-state index contributed by atoms with van der Waals surface area (Å²) in [5, 5.41) is 12.0. The summed E-state index contributed by atoms with van der Waals surface area (Å²) in [6.07, 6.45) is 0. The summed E-state index contributed by atoms with van der Waals surface area (Å²) in [6, 6.07) is 12.0. The van der Waals surface area contributed by atoms with E-state index < -0.39 is 0 Å². The van der Waals surface area contributed by atoms with E-state index in [0.717, 1.165) is 17.1 Å². The Bertz CT molecular complexity index is 708. The number of benzene rings is 2. The van der Waals surface area contributed by atoms with Crippen LogP contribution in [0.2, 0.25) is 0 Å². The first-order valence-electron chi connectivity index (χ1n) is 6.54. The quantitative estimate of drug-likeness (QED) is 0.938. The monoisotopic (exact) mass is 284 g/mol. The topological polar surface area (TPSA) is 54.3 Å². The zero-order valence-electron chi connectivity index (χ0n) is 11.2. The summed E-state index contributed by atoms with van der Waals surface area (Å²) in [5.74, 6) is 1.14. The van der Waals surface area contributed by atoms with Crippen LogP contribution in [-0.2, 0) is 13.1 Å². The Labute approximate surface area is 121 Å². The molecule has 0 aromatic heterocycles. The first-order valence-corrected chi connectivity index (χ1v) is 6.54. The molecule has 106 valence electrons. The summed E-state index contributed by atoms with van der Waals surface area (Å²) in [5.41, 5.74) is 1.88. The highest BCUT2D eigenvalue weighted by Crippen LogP contribution is 2.35. The molecule has 0 spiro atoms. The number of fused-ring (bicyclic) bond motifs is 1. The van der Waals surface area contributed by atoms with Gasteiger partial charge in [-0.15, -0.1) is 0 Å². The molecule has 0 radical (unpaired) electrons. The highest BCUT2D eigenvalue weighted by molar-refractivity contribution is 5.48. The molecule has 1 N–H and O–H groups in total. The summed E-state index contributed by atoms with van der Waals surface area (Å²) in [7, 11) is 0. The highest BCUT2D eigenvalue weighted by atomic mass is 19.1. The maximum absolute atomic E-state index is 13.7. The predicted octanol–water partition coefficient (Wildman–Crippen LogP) is 2.72. The number of ether oxygens (including phenoxy) is 2. The van der Waals surface area contributed by atoms with Crippen molar-refractivity contribution in [3.05, 3.63) is 58.9 Å². The Morgan fingerprint density at radius 2 is 2.00 bits per heavy atom. The molecule has 1 aliphatic heterocycles. The van der Waals surface area contributed by atoms with Gasteiger partial charge in [0.1, 0.15) is 5.82 Å². The summed E-state index contributed by atoms with van der Waals surface area (Å²) in [6.45, 7) is 1.10. The molecule has 0 atom stereocenters. The van der Waals surface area contributed by atoms with E-state index in [1.807, 2.05) is 24.3 Å². The Kier molecular flexibility index (Phi) is 3.71. The van der Waals surface area contributed by atoms with Gasteiger partial charge in [-0.05, 0) is 24.3 Å². The maximum Gasteiger partial charge on any atom is 0.231 e. The smallest absolute Gasteiger partial charge is 0.231 e. The Hall–Kier alpha value is -2.58. The van der Waals surface area contributed by atoms with E-state index in [9.17, 15) is 4.39 Å². The number of nitriles is 1. The van der Waals surface area contributed by atoms with Crippen molar-refractivity contribution < 1.29 is 13.9 Å². The number of para-hydroxylation sites is 1. The van der Waals surface area contributed by atoms with Crippen LogP contribution >= 0.6 is 0 Å².